The van der Waals surface area contributed by atoms with Gasteiger partial charge in [0.2, 0.25) is 0 Å². The summed E-state index contributed by atoms with van der Waals surface area (Å²) in [6.07, 6.45) is 1.07. The fraction of sp³-hybridized carbons (Fsp3) is 0.500. The second-order valence-electron chi connectivity index (χ2n) is 3.63. The SMILES string of the molecule is COc1ccccc1CSCCC(C)N. The van der Waals surface area contributed by atoms with E-state index in [0.29, 0.717) is 6.04 Å². The second kappa shape index (κ2) is 6.75. The summed E-state index contributed by atoms with van der Waals surface area (Å²) in [4.78, 5) is 0. The van der Waals surface area contributed by atoms with Gasteiger partial charge in [-0.05, 0) is 25.2 Å². The van der Waals surface area contributed by atoms with Crippen LogP contribution >= 0.6 is 11.8 Å². The van der Waals surface area contributed by atoms with Crippen molar-refractivity contribution in [2.24, 2.45) is 5.73 Å². The maximum Gasteiger partial charge on any atom is 0.122 e. The molecular weight excluding hydrogens is 206 g/mol. The zero-order valence-corrected chi connectivity index (χ0v) is 10.2. The molecule has 0 saturated heterocycles. The van der Waals surface area contributed by atoms with E-state index >= 15 is 0 Å². The van der Waals surface area contributed by atoms with Gasteiger partial charge in [-0.3, -0.25) is 0 Å². The molecule has 0 heterocycles. The number of nitrogens with two attached hydrogens (primary N) is 1. The van der Waals surface area contributed by atoms with Gasteiger partial charge in [0, 0.05) is 17.4 Å². The maximum atomic E-state index is 5.69. The molecule has 1 aromatic rings. The Balaban J connectivity index is 2.36. The molecule has 1 rings (SSSR count). The van der Waals surface area contributed by atoms with Crippen molar-refractivity contribution in [2.45, 2.75) is 25.1 Å². The van der Waals surface area contributed by atoms with E-state index in [-0.39, 0.29) is 0 Å². The van der Waals surface area contributed by atoms with Crippen LogP contribution in [0.3, 0.4) is 0 Å². The summed E-state index contributed by atoms with van der Waals surface area (Å²) in [5.74, 6) is 3.08. The molecule has 0 aliphatic rings. The first kappa shape index (κ1) is 12.4. The molecule has 0 amide bonds. The largest absolute Gasteiger partial charge is 0.496 e. The summed E-state index contributed by atoms with van der Waals surface area (Å²) in [6, 6.07) is 8.45. The van der Waals surface area contributed by atoms with Crippen LogP contribution in [0.2, 0.25) is 0 Å². The van der Waals surface area contributed by atoms with Gasteiger partial charge in [0.05, 0.1) is 7.11 Å². The Morgan fingerprint density at radius 1 is 1.40 bits per heavy atom. The van der Waals surface area contributed by atoms with Crippen molar-refractivity contribution in [3.05, 3.63) is 29.8 Å². The van der Waals surface area contributed by atoms with Gasteiger partial charge >= 0.3 is 0 Å². The van der Waals surface area contributed by atoms with Crippen LogP contribution in [0, 0.1) is 0 Å². The predicted octanol–water partition coefficient (Wildman–Crippen LogP) is 2.67. The number of rotatable bonds is 6. The Hall–Kier alpha value is -0.670. The molecule has 2 N–H and O–H groups in total. The molecular formula is C12H19NOS. The molecule has 0 fully saturated rings. The maximum absolute atomic E-state index is 5.69. The van der Waals surface area contributed by atoms with Gasteiger partial charge in [0.25, 0.3) is 0 Å². The smallest absolute Gasteiger partial charge is 0.122 e. The van der Waals surface area contributed by atoms with Crippen molar-refractivity contribution < 1.29 is 4.74 Å². The number of thioether (sulfide) groups is 1. The molecule has 1 aromatic carbocycles. The van der Waals surface area contributed by atoms with E-state index in [1.54, 1.807) is 7.11 Å². The summed E-state index contributed by atoms with van der Waals surface area (Å²) in [5, 5.41) is 0. The normalized spacial score (nSPS) is 12.5. The van der Waals surface area contributed by atoms with Crippen molar-refractivity contribution >= 4 is 11.8 Å². The van der Waals surface area contributed by atoms with E-state index in [2.05, 4.69) is 6.07 Å². The Kier molecular flexibility index (Phi) is 5.58. The Labute approximate surface area is 96.2 Å². The monoisotopic (exact) mass is 225 g/mol. The van der Waals surface area contributed by atoms with E-state index < -0.39 is 0 Å². The van der Waals surface area contributed by atoms with Gasteiger partial charge in [-0.2, -0.15) is 11.8 Å². The lowest BCUT2D eigenvalue weighted by molar-refractivity contribution is 0.411. The molecule has 15 heavy (non-hydrogen) atoms. The van der Waals surface area contributed by atoms with Gasteiger partial charge in [-0.25, -0.2) is 0 Å². The third-order valence-corrected chi connectivity index (χ3v) is 3.21. The molecule has 1 unspecified atom stereocenters. The summed E-state index contributed by atoms with van der Waals surface area (Å²) in [7, 11) is 1.71. The number of hydrogen-bond acceptors (Lipinski definition) is 3. The minimum absolute atomic E-state index is 0.301. The molecule has 0 bridgehead atoms. The molecule has 0 saturated carbocycles. The number of methoxy groups -OCH3 is 1. The highest BCUT2D eigenvalue weighted by molar-refractivity contribution is 7.98. The van der Waals surface area contributed by atoms with Crippen LogP contribution in [0.15, 0.2) is 24.3 Å². The van der Waals surface area contributed by atoms with E-state index in [1.807, 2.05) is 36.9 Å². The Bertz CT molecular complexity index is 289. The van der Waals surface area contributed by atoms with E-state index in [0.717, 1.165) is 23.7 Å². The number of para-hydroxylation sites is 1. The summed E-state index contributed by atoms with van der Waals surface area (Å²) in [6.45, 7) is 2.05. The van der Waals surface area contributed by atoms with E-state index in [4.69, 9.17) is 10.5 Å². The highest BCUT2D eigenvalue weighted by atomic mass is 32.2. The van der Waals surface area contributed by atoms with E-state index in [1.165, 1.54) is 5.56 Å². The lowest BCUT2D eigenvalue weighted by Crippen LogP contribution is -2.15. The summed E-state index contributed by atoms with van der Waals surface area (Å²) in [5.41, 5.74) is 6.95. The van der Waals surface area contributed by atoms with Crippen molar-refractivity contribution in [2.75, 3.05) is 12.9 Å². The lowest BCUT2D eigenvalue weighted by Gasteiger charge is -2.08. The van der Waals surface area contributed by atoms with Gasteiger partial charge < -0.3 is 10.5 Å². The van der Waals surface area contributed by atoms with Crippen LogP contribution in [0.25, 0.3) is 0 Å². The molecule has 0 aliphatic carbocycles. The van der Waals surface area contributed by atoms with Crippen molar-refractivity contribution in [1.29, 1.82) is 0 Å². The van der Waals surface area contributed by atoms with Crippen molar-refractivity contribution in [3.63, 3.8) is 0 Å². The Morgan fingerprint density at radius 2 is 2.13 bits per heavy atom. The molecule has 1 atom stereocenters. The molecule has 3 heteroatoms. The minimum Gasteiger partial charge on any atom is -0.496 e. The van der Waals surface area contributed by atoms with Crippen LogP contribution < -0.4 is 10.5 Å². The fourth-order valence-electron chi connectivity index (χ4n) is 1.27. The third-order valence-electron chi connectivity index (χ3n) is 2.17. The quantitative estimate of drug-likeness (QED) is 0.756. The van der Waals surface area contributed by atoms with Crippen LogP contribution in [-0.4, -0.2) is 18.9 Å². The zero-order valence-electron chi connectivity index (χ0n) is 9.40. The lowest BCUT2D eigenvalue weighted by atomic mass is 10.2. The fourth-order valence-corrected chi connectivity index (χ4v) is 2.41. The minimum atomic E-state index is 0.301. The molecule has 84 valence electrons. The van der Waals surface area contributed by atoms with Gasteiger partial charge in [-0.1, -0.05) is 18.2 Å². The van der Waals surface area contributed by atoms with Crippen LogP contribution in [-0.2, 0) is 5.75 Å². The topological polar surface area (TPSA) is 35.2 Å². The molecule has 0 aliphatic heterocycles. The first-order valence-electron chi connectivity index (χ1n) is 5.19. The highest BCUT2D eigenvalue weighted by Crippen LogP contribution is 2.22. The van der Waals surface area contributed by atoms with E-state index in [9.17, 15) is 0 Å². The van der Waals surface area contributed by atoms with Crippen molar-refractivity contribution in [1.82, 2.24) is 0 Å². The Morgan fingerprint density at radius 3 is 2.80 bits per heavy atom. The van der Waals surface area contributed by atoms with Gasteiger partial charge in [0.15, 0.2) is 0 Å². The van der Waals surface area contributed by atoms with Crippen molar-refractivity contribution in [3.8, 4) is 5.75 Å². The number of hydrogen-bond donors (Lipinski definition) is 1. The van der Waals surface area contributed by atoms with Crippen LogP contribution in [0.1, 0.15) is 18.9 Å². The first-order valence-corrected chi connectivity index (χ1v) is 6.34. The zero-order chi connectivity index (χ0) is 11.1. The van der Waals surface area contributed by atoms with Crippen LogP contribution in [0.5, 0.6) is 5.75 Å². The van der Waals surface area contributed by atoms with Gasteiger partial charge in [0.1, 0.15) is 5.75 Å². The number of benzene rings is 1. The molecule has 0 spiro atoms. The first-order chi connectivity index (χ1) is 7.24. The summed E-state index contributed by atoms with van der Waals surface area (Å²) >= 11 is 1.90. The predicted molar refractivity (Wildman–Crippen MR) is 67.4 cm³/mol. The molecule has 2 nitrogen and oxygen atoms in total. The second-order valence-corrected chi connectivity index (χ2v) is 4.74. The van der Waals surface area contributed by atoms with Crippen LogP contribution in [0.4, 0.5) is 0 Å². The van der Waals surface area contributed by atoms with Gasteiger partial charge in [-0.15, -0.1) is 0 Å². The molecule has 0 radical (unpaired) electrons. The third kappa shape index (κ3) is 4.58. The average Bonchev–Trinajstić information content (AvgIpc) is 2.24. The standard InChI is InChI=1S/C12H19NOS/c1-10(13)7-8-15-9-11-5-3-4-6-12(11)14-2/h3-6,10H,7-9,13H2,1-2H3. The average molecular weight is 225 g/mol. The highest BCUT2D eigenvalue weighted by Gasteiger charge is 2.01. The summed E-state index contributed by atoms with van der Waals surface area (Å²) < 4.78 is 5.29. The molecule has 0 aromatic heterocycles. The number of ether oxygens (including phenoxy) is 1.